The molecule has 0 saturated heterocycles. The number of aromatic nitrogens is 4. The van der Waals surface area contributed by atoms with Crippen molar-refractivity contribution in [3.8, 4) is 11.5 Å². The van der Waals surface area contributed by atoms with Crippen molar-refractivity contribution in [3.05, 3.63) is 57.0 Å². The van der Waals surface area contributed by atoms with Crippen LogP contribution in [0.4, 0.5) is 0 Å². The maximum Gasteiger partial charge on any atom is 0.209 e. The molecule has 1 heterocycles. The van der Waals surface area contributed by atoms with Crippen LogP contribution in [0.2, 0.25) is 5.02 Å². The van der Waals surface area contributed by atoms with Crippen molar-refractivity contribution >= 4 is 51.7 Å². The first-order chi connectivity index (χ1) is 14.1. The summed E-state index contributed by atoms with van der Waals surface area (Å²) in [5.41, 5.74) is 2.13. The third kappa shape index (κ3) is 7.02. The molecule has 0 aliphatic carbocycles. The molecule has 1 aromatic heterocycles. The van der Waals surface area contributed by atoms with Gasteiger partial charge in [0.2, 0.25) is 5.16 Å². The summed E-state index contributed by atoms with van der Waals surface area (Å²) in [4.78, 5) is 0. The van der Waals surface area contributed by atoms with Crippen LogP contribution in [0.25, 0.3) is 0 Å². The third-order valence-corrected chi connectivity index (χ3v) is 5.86. The number of hydrogen-bond acceptors (Lipinski definition) is 7. The van der Waals surface area contributed by atoms with Crippen molar-refractivity contribution in [2.75, 3.05) is 19.4 Å². The molecule has 3 rings (SSSR count). The molecule has 11 heteroatoms. The molecule has 3 aromatic rings. The number of nitrogens with one attached hydrogen (secondary N) is 1. The van der Waals surface area contributed by atoms with Crippen LogP contribution < -0.4 is 14.8 Å². The highest BCUT2D eigenvalue weighted by Gasteiger charge is 2.12. The SMILES string of the molecule is COc1cc(CNCCSc2nnnn2C)cc(Br)c1OCc1ccc(Cl)cc1.Cl. The first-order valence-corrected chi connectivity index (χ1v) is 11.0. The van der Waals surface area contributed by atoms with E-state index in [2.05, 4.69) is 36.8 Å². The summed E-state index contributed by atoms with van der Waals surface area (Å²) in [5, 5.41) is 16.3. The van der Waals surface area contributed by atoms with Crippen LogP contribution in [-0.4, -0.2) is 39.6 Å². The Morgan fingerprint density at radius 2 is 1.97 bits per heavy atom. The van der Waals surface area contributed by atoms with Crippen LogP contribution >= 0.6 is 51.7 Å². The molecule has 0 radical (unpaired) electrons. The van der Waals surface area contributed by atoms with Gasteiger partial charge in [-0.2, -0.15) is 0 Å². The van der Waals surface area contributed by atoms with E-state index in [1.54, 1.807) is 23.6 Å². The van der Waals surface area contributed by atoms with Gasteiger partial charge in [-0.15, -0.1) is 17.5 Å². The first-order valence-electron chi connectivity index (χ1n) is 8.86. The maximum absolute atomic E-state index is 5.98. The minimum Gasteiger partial charge on any atom is -0.493 e. The van der Waals surface area contributed by atoms with Crippen molar-refractivity contribution in [3.63, 3.8) is 0 Å². The lowest BCUT2D eigenvalue weighted by molar-refractivity contribution is 0.282. The number of rotatable bonds is 10. The van der Waals surface area contributed by atoms with Gasteiger partial charge >= 0.3 is 0 Å². The molecule has 0 saturated carbocycles. The van der Waals surface area contributed by atoms with E-state index in [1.165, 1.54) is 0 Å². The first kappa shape index (κ1) is 24.7. The van der Waals surface area contributed by atoms with Gasteiger partial charge in [-0.1, -0.05) is 35.5 Å². The van der Waals surface area contributed by atoms with Gasteiger partial charge in [0.25, 0.3) is 0 Å². The second-order valence-corrected chi connectivity index (χ2v) is 8.49. The largest absolute Gasteiger partial charge is 0.493 e. The zero-order valence-electron chi connectivity index (χ0n) is 16.5. The number of halogens is 3. The van der Waals surface area contributed by atoms with E-state index in [-0.39, 0.29) is 12.4 Å². The van der Waals surface area contributed by atoms with Crippen LogP contribution in [0, 0.1) is 0 Å². The predicted octanol–water partition coefficient (Wildman–Crippen LogP) is 4.52. The third-order valence-electron chi connectivity index (χ3n) is 4.01. The lowest BCUT2D eigenvalue weighted by atomic mass is 10.2. The molecule has 0 amide bonds. The van der Waals surface area contributed by atoms with E-state index in [9.17, 15) is 0 Å². The second-order valence-electron chi connectivity index (χ2n) is 6.13. The number of methoxy groups -OCH3 is 1. The van der Waals surface area contributed by atoms with Gasteiger partial charge in [0.1, 0.15) is 6.61 Å². The maximum atomic E-state index is 5.98. The molecule has 0 unspecified atom stereocenters. The quantitative estimate of drug-likeness (QED) is 0.303. The molecular formula is C19H22BrCl2N5O2S. The van der Waals surface area contributed by atoms with E-state index in [1.807, 2.05) is 43.4 Å². The average molecular weight is 535 g/mol. The standard InChI is InChI=1S/C19H21BrClN5O2S.ClH/c1-26-19(23-24-25-26)29-8-7-22-11-14-9-16(20)18(17(10-14)27-2)28-12-13-3-5-15(21)6-4-13;/h3-6,9-10,22H,7-8,11-12H2,1-2H3;1H. The van der Waals surface area contributed by atoms with E-state index in [0.717, 1.165) is 33.1 Å². The summed E-state index contributed by atoms with van der Waals surface area (Å²) in [5.74, 6) is 2.23. The Morgan fingerprint density at radius 1 is 1.20 bits per heavy atom. The Morgan fingerprint density at radius 3 is 2.63 bits per heavy atom. The molecule has 0 atom stereocenters. The predicted molar refractivity (Wildman–Crippen MR) is 125 cm³/mol. The minimum atomic E-state index is 0. The molecule has 7 nitrogen and oxygen atoms in total. The lowest BCUT2D eigenvalue weighted by Gasteiger charge is -2.15. The Labute approximate surface area is 199 Å². The topological polar surface area (TPSA) is 74.1 Å². The highest BCUT2D eigenvalue weighted by Crippen LogP contribution is 2.37. The molecule has 2 aromatic carbocycles. The zero-order valence-corrected chi connectivity index (χ0v) is 20.4. The molecule has 0 bridgehead atoms. The highest BCUT2D eigenvalue weighted by atomic mass is 79.9. The van der Waals surface area contributed by atoms with Gasteiger partial charge in [-0.3, -0.25) is 0 Å². The van der Waals surface area contributed by atoms with Crippen molar-refractivity contribution in [1.82, 2.24) is 25.5 Å². The normalized spacial score (nSPS) is 10.5. The fraction of sp³-hybridized carbons (Fsp3) is 0.316. The van der Waals surface area contributed by atoms with Crippen LogP contribution in [0.15, 0.2) is 46.0 Å². The number of benzene rings is 2. The zero-order chi connectivity index (χ0) is 20.6. The molecule has 1 N–H and O–H groups in total. The smallest absolute Gasteiger partial charge is 0.209 e. The number of hydrogen-bond donors (Lipinski definition) is 1. The van der Waals surface area contributed by atoms with Crippen molar-refractivity contribution in [2.24, 2.45) is 7.05 Å². The van der Waals surface area contributed by atoms with E-state index in [0.29, 0.717) is 29.7 Å². The van der Waals surface area contributed by atoms with Crippen LogP contribution in [0.5, 0.6) is 11.5 Å². The van der Waals surface area contributed by atoms with Gasteiger partial charge < -0.3 is 14.8 Å². The summed E-state index contributed by atoms with van der Waals surface area (Å²) in [6.45, 7) is 1.97. The minimum absolute atomic E-state index is 0. The summed E-state index contributed by atoms with van der Waals surface area (Å²) >= 11 is 11.1. The average Bonchev–Trinajstić information content (AvgIpc) is 3.12. The number of aryl methyl sites for hydroxylation is 1. The summed E-state index contributed by atoms with van der Waals surface area (Å²) in [7, 11) is 3.47. The fourth-order valence-corrected chi connectivity index (χ4v) is 4.02. The fourth-order valence-electron chi connectivity index (χ4n) is 2.54. The highest BCUT2D eigenvalue weighted by molar-refractivity contribution is 9.10. The van der Waals surface area contributed by atoms with Gasteiger partial charge in [0.15, 0.2) is 11.5 Å². The summed E-state index contributed by atoms with van der Waals surface area (Å²) in [6, 6.07) is 11.6. The van der Waals surface area contributed by atoms with Gasteiger partial charge in [-0.25, -0.2) is 4.68 Å². The Kier molecular flexibility index (Phi) is 10.2. The Hall–Kier alpha value is -1.52. The number of ether oxygens (including phenoxy) is 2. The molecule has 30 heavy (non-hydrogen) atoms. The van der Waals surface area contributed by atoms with Crippen LogP contribution in [0.3, 0.4) is 0 Å². The second kappa shape index (κ2) is 12.4. The lowest BCUT2D eigenvalue weighted by Crippen LogP contribution is -2.17. The van der Waals surface area contributed by atoms with E-state index >= 15 is 0 Å². The van der Waals surface area contributed by atoms with Crippen molar-refractivity contribution in [2.45, 2.75) is 18.3 Å². The van der Waals surface area contributed by atoms with Crippen LogP contribution in [0.1, 0.15) is 11.1 Å². The van der Waals surface area contributed by atoms with Crippen LogP contribution in [-0.2, 0) is 20.2 Å². The summed E-state index contributed by atoms with van der Waals surface area (Å²) < 4.78 is 14.0. The van der Waals surface area contributed by atoms with Gasteiger partial charge in [0.05, 0.1) is 11.6 Å². The number of thioether (sulfide) groups is 1. The van der Waals surface area contributed by atoms with Crippen molar-refractivity contribution in [1.29, 1.82) is 0 Å². The molecule has 0 fully saturated rings. The van der Waals surface area contributed by atoms with E-state index < -0.39 is 0 Å². The monoisotopic (exact) mass is 533 g/mol. The molecule has 0 aliphatic rings. The number of nitrogens with zero attached hydrogens (tertiary/aromatic N) is 4. The van der Waals surface area contributed by atoms with Gasteiger partial charge in [0, 0.05) is 30.9 Å². The molecule has 0 spiro atoms. The molecular weight excluding hydrogens is 513 g/mol. The van der Waals surface area contributed by atoms with E-state index in [4.69, 9.17) is 21.1 Å². The van der Waals surface area contributed by atoms with Gasteiger partial charge in [-0.05, 0) is 61.7 Å². The Balaban J connectivity index is 0.00000320. The molecule has 0 aliphatic heterocycles. The molecule has 162 valence electrons. The summed E-state index contributed by atoms with van der Waals surface area (Å²) in [6.07, 6.45) is 0. The number of tetrazole rings is 1. The van der Waals surface area contributed by atoms with Crippen molar-refractivity contribution < 1.29 is 9.47 Å². The Bertz CT molecular complexity index is 943.